The fourth-order valence-corrected chi connectivity index (χ4v) is 2.44. The fourth-order valence-electron chi connectivity index (χ4n) is 2.44. The number of rotatable bonds is 14. The van der Waals surface area contributed by atoms with E-state index in [-0.39, 0.29) is 6.61 Å². The zero-order valence-electron chi connectivity index (χ0n) is 15.4. The molecule has 0 spiro atoms. The summed E-state index contributed by atoms with van der Waals surface area (Å²) in [5, 5.41) is 26.2. The van der Waals surface area contributed by atoms with E-state index in [1.807, 2.05) is 0 Å². The van der Waals surface area contributed by atoms with Crippen LogP contribution in [0.15, 0.2) is 0 Å². The fraction of sp³-hybridized carbons (Fsp3) is 1.00. The van der Waals surface area contributed by atoms with Gasteiger partial charge in [0.15, 0.2) is 0 Å². The zero-order chi connectivity index (χ0) is 17.1. The minimum atomic E-state index is -0.576. The largest absolute Gasteiger partial charge is 0.397 e. The molecule has 0 aliphatic rings. The quantitative estimate of drug-likeness (QED) is 0.402. The second-order valence-electron chi connectivity index (χ2n) is 6.30. The summed E-state index contributed by atoms with van der Waals surface area (Å²) in [5.41, 5.74) is 0. The molecule has 0 aromatic heterocycles. The Balaban J connectivity index is 0. The lowest BCUT2D eigenvalue weighted by molar-refractivity contribution is 0.0247. The molecule has 2 atom stereocenters. The van der Waals surface area contributed by atoms with Crippen LogP contribution in [0.4, 0.5) is 0 Å². The molecular formula is C19H42O3. The van der Waals surface area contributed by atoms with Gasteiger partial charge < -0.3 is 15.3 Å². The summed E-state index contributed by atoms with van der Waals surface area (Å²) in [6, 6.07) is 0. The molecule has 22 heavy (non-hydrogen) atoms. The lowest BCUT2D eigenvalue weighted by atomic mass is 10.0. The third-order valence-electron chi connectivity index (χ3n) is 3.91. The van der Waals surface area contributed by atoms with E-state index in [0.717, 1.165) is 12.8 Å². The van der Waals surface area contributed by atoms with Gasteiger partial charge in [0.05, 0.1) is 12.2 Å². The van der Waals surface area contributed by atoms with Gasteiger partial charge in [-0.2, -0.15) is 0 Å². The average Bonchev–Trinajstić information content (AvgIpc) is 2.48. The van der Waals surface area contributed by atoms with Gasteiger partial charge in [0, 0.05) is 6.61 Å². The molecule has 0 rings (SSSR count). The van der Waals surface area contributed by atoms with Crippen molar-refractivity contribution in [1.29, 1.82) is 0 Å². The van der Waals surface area contributed by atoms with E-state index in [0.29, 0.717) is 0 Å². The van der Waals surface area contributed by atoms with Crippen LogP contribution in [-0.4, -0.2) is 34.1 Å². The SMILES string of the molecule is CCCCCCCCCCCCCCC(O)C(C)O.CCO. The Morgan fingerprint density at radius 1 is 0.636 bits per heavy atom. The number of hydrogen-bond acceptors (Lipinski definition) is 3. The molecule has 0 heterocycles. The maximum absolute atomic E-state index is 9.44. The first-order chi connectivity index (χ1) is 10.6. The van der Waals surface area contributed by atoms with Crippen molar-refractivity contribution in [3.05, 3.63) is 0 Å². The predicted octanol–water partition coefficient (Wildman–Crippen LogP) is 4.82. The molecule has 3 nitrogen and oxygen atoms in total. The molecule has 0 saturated carbocycles. The van der Waals surface area contributed by atoms with Gasteiger partial charge in [-0.1, -0.05) is 84.0 Å². The number of unbranched alkanes of at least 4 members (excludes halogenated alkanes) is 11. The number of hydrogen-bond donors (Lipinski definition) is 3. The molecule has 136 valence electrons. The Bertz CT molecular complexity index is 184. The van der Waals surface area contributed by atoms with E-state index in [4.69, 9.17) is 10.2 Å². The number of aliphatic hydroxyl groups is 3. The summed E-state index contributed by atoms with van der Waals surface area (Å²) in [6.07, 6.45) is 15.7. The average molecular weight is 319 g/mol. The molecule has 0 radical (unpaired) electrons. The van der Waals surface area contributed by atoms with Crippen LogP contribution in [0.1, 0.15) is 104 Å². The first-order valence-corrected chi connectivity index (χ1v) is 9.57. The van der Waals surface area contributed by atoms with E-state index in [2.05, 4.69) is 6.92 Å². The molecule has 0 aromatic rings. The van der Waals surface area contributed by atoms with Crippen molar-refractivity contribution in [2.75, 3.05) is 6.61 Å². The van der Waals surface area contributed by atoms with E-state index >= 15 is 0 Å². The number of aliphatic hydroxyl groups excluding tert-OH is 3. The van der Waals surface area contributed by atoms with Gasteiger partial charge in [-0.15, -0.1) is 0 Å². The minimum Gasteiger partial charge on any atom is -0.397 e. The molecule has 0 aliphatic carbocycles. The van der Waals surface area contributed by atoms with Crippen LogP contribution < -0.4 is 0 Å². The molecule has 2 unspecified atom stereocenters. The topological polar surface area (TPSA) is 60.7 Å². The van der Waals surface area contributed by atoms with Gasteiger partial charge in [0.25, 0.3) is 0 Å². The van der Waals surface area contributed by atoms with Crippen molar-refractivity contribution in [3.63, 3.8) is 0 Å². The van der Waals surface area contributed by atoms with Gasteiger partial charge in [0.1, 0.15) is 0 Å². The van der Waals surface area contributed by atoms with Crippen LogP contribution in [0.3, 0.4) is 0 Å². The summed E-state index contributed by atoms with van der Waals surface area (Å²) in [5.74, 6) is 0. The first kappa shape index (κ1) is 24.1. The monoisotopic (exact) mass is 318 g/mol. The van der Waals surface area contributed by atoms with Crippen molar-refractivity contribution in [1.82, 2.24) is 0 Å². The summed E-state index contributed by atoms with van der Waals surface area (Å²) >= 11 is 0. The van der Waals surface area contributed by atoms with Crippen LogP contribution in [0.5, 0.6) is 0 Å². The highest BCUT2D eigenvalue weighted by molar-refractivity contribution is 4.61. The van der Waals surface area contributed by atoms with Gasteiger partial charge in [0.2, 0.25) is 0 Å². The third kappa shape index (κ3) is 22.2. The second kappa shape index (κ2) is 20.9. The lowest BCUT2D eigenvalue weighted by Gasteiger charge is -2.12. The minimum absolute atomic E-state index is 0.250. The van der Waals surface area contributed by atoms with E-state index < -0.39 is 12.2 Å². The predicted molar refractivity (Wildman–Crippen MR) is 96.1 cm³/mol. The molecule has 3 heteroatoms. The van der Waals surface area contributed by atoms with Crippen LogP contribution >= 0.6 is 0 Å². The maximum atomic E-state index is 9.44. The van der Waals surface area contributed by atoms with Crippen molar-refractivity contribution >= 4 is 0 Å². The smallest absolute Gasteiger partial charge is 0.0796 e. The highest BCUT2D eigenvalue weighted by atomic mass is 16.3. The highest BCUT2D eigenvalue weighted by Crippen LogP contribution is 2.13. The summed E-state index contributed by atoms with van der Waals surface area (Å²) < 4.78 is 0. The zero-order valence-corrected chi connectivity index (χ0v) is 15.4. The highest BCUT2D eigenvalue weighted by Gasteiger charge is 2.09. The lowest BCUT2D eigenvalue weighted by Crippen LogP contribution is -2.21. The van der Waals surface area contributed by atoms with Gasteiger partial charge in [-0.3, -0.25) is 0 Å². The molecular weight excluding hydrogens is 276 g/mol. The van der Waals surface area contributed by atoms with Crippen LogP contribution in [0.2, 0.25) is 0 Å². The Morgan fingerprint density at radius 3 is 1.27 bits per heavy atom. The molecule has 0 amide bonds. The van der Waals surface area contributed by atoms with Gasteiger partial charge >= 0.3 is 0 Å². The third-order valence-corrected chi connectivity index (χ3v) is 3.91. The molecule has 0 saturated heterocycles. The van der Waals surface area contributed by atoms with Crippen molar-refractivity contribution in [3.8, 4) is 0 Å². The van der Waals surface area contributed by atoms with Crippen molar-refractivity contribution in [2.24, 2.45) is 0 Å². The van der Waals surface area contributed by atoms with Gasteiger partial charge in [-0.25, -0.2) is 0 Å². The maximum Gasteiger partial charge on any atom is 0.0796 e. The molecule has 0 bridgehead atoms. The summed E-state index contributed by atoms with van der Waals surface area (Å²) in [4.78, 5) is 0. The van der Waals surface area contributed by atoms with Crippen LogP contribution in [0, 0.1) is 0 Å². The van der Waals surface area contributed by atoms with E-state index in [1.165, 1.54) is 70.6 Å². The molecule has 0 fully saturated rings. The van der Waals surface area contributed by atoms with E-state index in [1.54, 1.807) is 13.8 Å². The molecule has 0 aromatic carbocycles. The Hall–Kier alpha value is -0.120. The Labute approximate surface area is 139 Å². The van der Waals surface area contributed by atoms with Crippen molar-refractivity contribution < 1.29 is 15.3 Å². The second-order valence-corrected chi connectivity index (χ2v) is 6.30. The molecule has 3 N–H and O–H groups in total. The summed E-state index contributed by atoms with van der Waals surface area (Å²) in [6.45, 7) is 5.85. The standard InChI is InChI=1S/C17H36O2.C2H6O/c1-3-4-5-6-7-8-9-10-11-12-13-14-15-17(19)16(2)18;1-2-3/h16-19H,3-15H2,1-2H3;3H,2H2,1H3. The van der Waals surface area contributed by atoms with Crippen LogP contribution in [-0.2, 0) is 0 Å². The van der Waals surface area contributed by atoms with E-state index in [9.17, 15) is 5.11 Å². The first-order valence-electron chi connectivity index (χ1n) is 9.57. The van der Waals surface area contributed by atoms with Gasteiger partial charge in [-0.05, 0) is 20.3 Å². The normalized spacial score (nSPS) is 13.4. The molecule has 0 aliphatic heterocycles. The van der Waals surface area contributed by atoms with Crippen LogP contribution in [0.25, 0.3) is 0 Å². The Morgan fingerprint density at radius 2 is 0.955 bits per heavy atom. The van der Waals surface area contributed by atoms with Crippen molar-refractivity contribution in [2.45, 2.75) is 116 Å². The summed E-state index contributed by atoms with van der Waals surface area (Å²) in [7, 11) is 0. The Kier molecular flexibility index (Phi) is 22.9.